The molecule has 0 radical (unpaired) electrons. The molecule has 11 heavy (non-hydrogen) atoms. The van der Waals surface area contributed by atoms with E-state index in [1.165, 1.54) is 0 Å². The van der Waals surface area contributed by atoms with Crippen LogP contribution in [0.2, 0.25) is 0 Å². The van der Waals surface area contributed by atoms with Crippen molar-refractivity contribution >= 4 is 6.26 Å². The Morgan fingerprint density at radius 3 is 2.27 bits per heavy atom. The lowest BCUT2D eigenvalue weighted by atomic mass is 10.1. The molecule has 3 atom stereocenters. The van der Waals surface area contributed by atoms with Gasteiger partial charge in [-0.15, -0.1) is 0 Å². The van der Waals surface area contributed by atoms with E-state index in [9.17, 15) is 4.79 Å². The second-order valence-electron chi connectivity index (χ2n) is 2.16. The maximum atomic E-state index is 10.1. The Bertz CT molecular complexity index is 151. The average Bonchev–Trinajstić information content (AvgIpc) is 2.00. The molecule has 0 fully saturated rings. The highest BCUT2D eigenvalue weighted by molar-refractivity contribution is 5.50. The molecule has 66 valence electrons. The first-order valence-electron chi connectivity index (χ1n) is 3.63. The highest BCUT2D eigenvalue weighted by Crippen LogP contribution is 2.01. The Balaban J connectivity index is 3.91. The number of rotatable bonds is 5. The van der Waals surface area contributed by atoms with Crippen LogP contribution in [0.25, 0.3) is 0 Å². The van der Waals surface area contributed by atoms with E-state index in [2.05, 4.69) is 0 Å². The molecule has 0 spiro atoms. The normalized spacial score (nSPS) is 20.2. The van der Waals surface area contributed by atoms with Gasteiger partial charge in [0.15, 0.2) is 0 Å². The van der Waals surface area contributed by atoms with Crippen LogP contribution in [0, 0.1) is 0 Å². The van der Waals surface area contributed by atoms with Crippen molar-refractivity contribution < 1.29 is 26.6 Å². The van der Waals surface area contributed by atoms with Crippen LogP contribution in [0.15, 0.2) is 0 Å². The van der Waals surface area contributed by atoms with Crippen molar-refractivity contribution in [2.45, 2.75) is 24.7 Å². The Morgan fingerprint density at radius 2 is 1.91 bits per heavy atom. The average molecular weight is 166 g/mol. The highest BCUT2D eigenvalue weighted by Gasteiger charge is 2.23. The second-order valence-corrected chi connectivity index (χ2v) is 2.16. The second kappa shape index (κ2) is 5.20. The number of carbonyl (C=O) groups excluding carboxylic acids is 1. The van der Waals surface area contributed by atoms with Crippen molar-refractivity contribution in [1.29, 1.82) is 0 Å². The fourth-order valence-corrected chi connectivity index (χ4v) is 0.571. The molecule has 5 heteroatoms. The molecule has 0 aromatic carbocycles. The summed E-state index contributed by atoms with van der Waals surface area (Å²) in [5, 5.41) is 35.0. The predicted molar refractivity (Wildman–Crippen MR) is 35.8 cm³/mol. The summed E-state index contributed by atoms with van der Waals surface area (Å²) in [4.78, 5) is 10.1. The molecule has 0 saturated carbocycles. The summed E-state index contributed by atoms with van der Waals surface area (Å²) in [5.41, 5.74) is 0. The monoisotopic (exact) mass is 166 g/mol. The van der Waals surface area contributed by atoms with Gasteiger partial charge < -0.3 is 25.2 Å². The van der Waals surface area contributed by atoms with E-state index in [1.54, 1.807) is 0 Å². The van der Waals surface area contributed by atoms with Crippen LogP contribution in [0.3, 0.4) is 0 Å². The number of carbonyl (C=O) groups is 1. The molecule has 0 aliphatic rings. The summed E-state index contributed by atoms with van der Waals surface area (Å²) in [6, 6.07) is 0. The van der Waals surface area contributed by atoms with Gasteiger partial charge in [-0.3, -0.25) is 0 Å². The van der Waals surface area contributed by atoms with Gasteiger partial charge >= 0.3 is 0 Å². The lowest BCUT2D eigenvalue weighted by Crippen LogP contribution is -2.39. The van der Waals surface area contributed by atoms with E-state index in [0.29, 0.717) is 0 Å². The minimum absolute atomic E-state index is 0.557. The third-order valence-corrected chi connectivity index (χ3v) is 1.27. The summed E-state index contributed by atoms with van der Waals surface area (Å²) in [5.74, 6) is 0. The smallest absolute Gasteiger partial charge is 0.122 e. The number of aliphatic hydroxyl groups is 4. The van der Waals surface area contributed by atoms with Crippen molar-refractivity contribution in [3.8, 4) is 0 Å². The highest BCUT2D eigenvalue weighted by atomic mass is 16.4. The molecule has 0 unspecified atom stereocenters. The molecule has 0 bridgehead atoms. The number of aliphatic hydroxyl groups excluding tert-OH is 4. The summed E-state index contributed by atoms with van der Waals surface area (Å²) in [7, 11) is 0. The third-order valence-electron chi connectivity index (χ3n) is 1.27. The maximum Gasteiger partial charge on any atom is 0.122 e. The van der Waals surface area contributed by atoms with Crippen LogP contribution in [-0.4, -0.2) is 51.6 Å². The minimum Gasteiger partial charge on any atom is -0.394 e. The van der Waals surface area contributed by atoms with Crippen LogP contribution >= 0.6 is 0 Å². The topological polar surface area (TPSA) is 98.0 Å². The zero-order valence-corrected chi connectivity index (χ0v) is 5.84. The van der Waals surface area contributed by atoms with E-state index >= 15 is 0 Å². The summed E-state index contributed by atoms with van der Waals surface area (Å²) in [6.45, 7) is -0.704. The number of hydrogen-bond donors (Lipinski definition) is 4. The van der Waals surface area contributed by atoms with E-state index in [4.69, 9.17) is 21.8 Å². The zero-order chi connectivity index (χ0) is 9.72. The van der Waals surface area contributed by atoms with Crippen molar-refractivity contribution in [2.24, 2.45) is 0 Å². The maximum absolute atomic E-state index is 10.1. The quantitative estimate of drug-likeness (QED) is 0.343. The first-order valence-corrected chi connectivity index (χ1v) is 3.13. The van der Waals surface area contributed by atoms with E-state index < -0.39 is 37.6 Å². The molecule has 0 aromatic rings. The summed E-state index contributed by atoms with van der Waals surface area (Å²) < 4.78 is 6.45. The molecule has 5 nitrogen and oxygen atoms in total. The van der Waals surface area contributed by atoms with E-state index in [1.807, 2.05) is 0 Å². The number of aldehydes is 1. The molecular formula is C6H12O5. The van der Waals surface area contributed by atoms with Crippen molar-refractivity contribution in [3.63, 3.8) is 0 Å². The standard InChI is InChI=1S/C6H12O5/c7-2-1-4(9)6(11)5(10)3-8/h2,4-6,8-11H,1,3H2/t4-,5-,6+/m1/s1/i2T. The van der Waals surface area contributed by atoms with Gasteiger partial charge in [-0.05, 0) is 0 Å². The Kier molecular flexibility index (Phi) is 4.07. The van der Waals surface area contributed by atoms with Gasteiger partial charge in [0, 0.05) is 6.42 Å². The predicted octanol–water partition coefficient (Wildman–Crippen LogP) is -2.35. The Morgan fingerprint density at radius 1 is 1.36 bits per heavy atom. The van der Waals surface area contributed by atoms with Crippen molar-refractivity contribution in [1.82, 2.24) is 0 Å². The van der Waals surface area contributed by atoms with Gasteiger partial charge in [-0.1, -0.05) is 0 Å². The molecule has 0 aliphatic carbocycles. The van der Waals surface area contributed by atoms with Gasteiger partial charge in [0.1, 0.15) is 19.8 Å². The van der Waals surface area contributed by atoms with Gasteiger partial charge in [0.05, 0.1) is 12.7 Å². The Hall–Kier alpha value is -0.490. The summed E-state index contributed by atoms with van der Waals surface area (Å²) >= 11 is 0. The Labute approximate surface area is 65.3 Å². The lowest BCUT2D eigenvalue weighted by Gasteiger charge is -2.19. The molecule has 0 saturated heterocycles. The van der Waals surface area contributed by atoms with Crippen LogP contribution < -0.4 is 0 Å². The third kappa shape index (κ3) is 3.43. The lowest BCUT2D eigenvalue weighted by molar-refractivity contribution is -0.115. The van der Waals surface area contributed by atoms with Crippen LogP contribution in [-0.2, 0) is 4.79 Å². The molecule has 0 amide bonds. The molecule has 4 N–H and O–H groups in total. The van der Waals surface area contributed by atoms with Crippen LogP contribution in [0.1, 0.15) is 7.79 Å². The molecule has 0 aromatic heterocycles. The van der Waals surface area contributed by atoms with E-state index in [0.717, 1.165) is 0 Å². The SMILES string of the molecule is [3H]C(=O)C[C@@H](O)[C@H](O)[C@H](O)CO. The van der Waals surface area contributed by atoms with Gasteiger partial charge in [-0.2, -0.15) is 0 Å². The van der Waals surface area contributed by atoms with Crippen LogP contribution in [0.5, 0.6) is 0 Å². The fourth-order valence-electron chi connectivity index (χ4n) is 0.571. The van der Waals surface area contributed by atoms with Crippen molar-refractivity contribution in [2.75, 3.05) is 6.61 Å². The van der Waals surface area contributed by atoms with E-state index in [-0.39, 0.29) is 0 Å². The zero-order valence-electron chi connectivity index (χ0n) is 6.84. The molecule has 0 aliphatic heterocycles. The van der Waals surface area contributed by atoms with Gasteiger partial charge in [-0.25, -0.2) is 0 Å². The molecule has 0 rings (SSSR count). The van der Waals surface area contributed by atoms with Gasteiger partial charge in [0.2, 0.25) is 0 Å². The molecular weight excluding hydrogens is 152 g/mol. The molecule has 0 heterocycles. The van der Waals surface area contributed by atoms with Gasteiger partial charge in [0.25, 0.3) is 0 Å². The summed E-state index contributed by atoms with van der Waals surface area (Å²) in [6.07, 6.45) is -6.18. The van der Waals surface area contributed by atoms with Crippen molar-refractivity contribution in [3.05, 3.63) is 0 Å². The first kappa shape index (κ1) is 8.61. The van der Waals surface area contributed by atoms with Crippen LogP contribution in [0.4, 0.5) is 0 Å². The number of hydrogen-bond acceptors (Lipinski definition) is 5. The minimum atomic E-state index is -1.59. The first-order chi connectivity index (χ1) is 5.49. The largest absolute Gasteiger partial charge is 0.394 e. The fraction of sp³-hybridized carbons (Fsp3) is 0.833.